The Morgan fingerprint density at radius 2 is 1.78 bits per heavy atom. The van der Waals surface area contributed by atoms with Crippen LogP contribution in [0.15, 0.2) is 55.0 Å². The Balaban J connectivity index is 1.40. The standard InChI is InChI=1S/C26H25F3N4O4/c1-15-10-17(13-30-12-15)23(34)33-25(8-9-25)24(35)32-16(2)21-6-4-19(14-31-21)37-22-7-5-18(36-3)11-20(22)26(27,28)29/h4-7,10-14,16H,8-9H2,1-3H3,(H,32,35)(H,33,34)/t16-/m1/s1. The molecule has 1 aliphatic carbocycles. The van der Waals surface area contributed by atoms with Crippen LogP contribution in [0.25, 0.3) is 0 Å². The van der Waals surface area contributed by atoms with E-state index in [-0.39, 0.29) is 29.1 Å². The topological polar surface area (TPSA) is 102 Å². The third-order valence-electron chi connectivity index (χ3n) is 5.95. The van der Waals surface area contributed by atoms with Crippen molar-refractivity contribution in [3.05, 3.63) is 77.4 Å². The van der Waals surface area contributed by atoms with Gasteiger partial charge in [0.05, 0.1) is 30.6 Å². The van der Waals surface area contributed by atoms with E-state index in [1.54, 1.807) is 25.3 Å². The maximum Gasteiger partial charge on any atom is 0.420 e. The Kier molecular flexibility index (Phi) is 7.06. The highest BCUT2D eigenvalue weighted by Crippen LogP contribution is 2.40. The number of alkyl halides is 3. The lowest BCUT2D eigenvalue weighted by Crippen LogP contribution is -2.49. The van der Waals surface area contributed by atoms with Crippen LogP contribution in [0, 0.1) is 6.92 Å². The van der Waals surface area contributed by atoms with Crippen molar-refractivity contribution in [2.45, 2.75) is 44.4 Å². The van der Waals surface area contributed by atoms with Gasteiger partial charge in [0.1, 0.15) is 28.4 Å². The van der Waals surface area contributed by atoms with Crippen LogP contribution in [-0.2, 0) is 11.0 Å². The third-order valence-corrected chi connectivity index (χ3v) is 5.95. The van der Waals surface area contributed by atoms with Gasteiger partial charge in [0, 0.05) is 12.4 Å². The number of hydrogen-bond acceptors (Lipinski definition) is 6. The van der Waals surface area contributed by atoms with Crippen LogP contribution in [0.3, 0.4) is 0 Å². The minimum atomic E-state index is -4.64. The zero-order chi connectivity index (χ0) is 26.8. The summed E-state index contributed by atoms with van der Waals surface area (Å²) in [7, 11) is 1.28. The second-order valence-electron chi connectivity index (χ2n) is 8.86. The monoisotopic (exact) mass is 514 g/mol. The molecular formula is C26H25F3N4O4. The summed E-state index contributed by atoms with van der Waals surface area (Å²) in [5.74, 6) is -0.968. The predicted molar refractivity (Wildman–Crippen MR) is 127 cm³/mol. The van der Waals surface area contributed by atoms with Gasteiger partial charge in [-0.3, -0.25) is 19.6 Å². The van der Waals surface area contributed by atoms with Crippen molar-refractivity contribution >= 4 is 11.8 Å². The van der Waals surface area contributed by atoms with Gasteiger partial charge in [0.25, 0.3) is 5.91 Å². The zero-order valence-corrected chi connectivity index (χ0v) is 20.3. The van der Waals surface area contributed by atoms with Crippen molar-refractivity contribution in [1.29, 1.82) is 0 Å². The summed E-state index contributed by atoms with van der Waals surface area (Å²) in [5, 5.41) is 5.64. The molecule has 0 spiro atoms. The fourth-order valence-corrected chi connectivity index (χ4v) is 3.69. The van der Waals surface area contributed by atoms with Gasteiger partial charge >= 0.3 is 6.18 Å². The number of carbonyl (C=O) groups excluding carboxylic acids is 2. The Morgan fingerprint density at radius 3 is 2.38 bits per heavy atom. The smallest absolute Gasteiger partial charge is 0.420 e. The molecule has 2 amide bonds. The first kappa shape index (κ1) is 25.9. The number of benzene rings is 1. The van der Waals surface area contributed by atoms with E-state index < -0.39 is 23.3 Å². The Labute approximate surface area is 211 Å². The highest BCUT2D eigenvalue weighted by atomic mass is 19.4. The van der Waals surface area contributed by atoms with Gasteiger partial charge in [-0.15, -0.1) is 0 Å². The molecule has 1 aliphatic rings. The summed E-state index contributed by atoms with van der Waals surface area (Å²) >= 11 is 0. The number of hydrogen-bond donors (Lipinski definition) is 2. The molecule has 0 bridgehead atoms. The molecule has 194 valence electrons. The zero-order valence-electron chi connectivity index (χ0n) is 20.3. The van der Waals surface area contributed by atoms with Crippen molar-refractivity contribution in [2.75, 3.05) is 7.11 Å². The number of ether oxygens (including phenoxy) is 2. The molecule has 1 aromatic carbocycles. The van der Waals surface area contributed by atoms with E-state index in [4.69, 9.17) is 9.47 Å². The summed E-state index contributed by atoms with van der Waals surface area (Å²) in [6.45, 7) is 3.54. The van der Waals surface area contributed by atoms with Gasteiger partial charge in [-0.2, -0.15) is 13.2 Å². The summed E-state index contributed by atoms with van der Waals surface area (Å²) in [5.41, 5.74) is -0.308. The summed E-state index contributed by atoms with van der Waals surface area (Å²) in [6.07, 6.45) is 0.714. The summed E-state index contributed by atoms with van der Waals surface area (Å²) in [6, 6.07) is 7.58. The molecule has 1 atom stereocenters. The molecule has 0 saturated heterocycles. The minimum Gasteiger partial charge on any atom is -0.497 e. The molecule has 0 radical (unpaired) electrons. The molecule has 2 N–H and O–H groups in total. The molecule has 2 heterocycles. The van der Waals surface area contributed by atoms with Crippen LogP contribution in [-0.4, -0.2) is 34.4 Å². The van der Waals surface area contributed by atoms with Crippen LogP contribution in [0.2, 0.25) is 0 Å². The minimum absolute atomic E-state index is 0.0536. The van der Waals surface area contributed by atoms with Gasteiger partial charge in [-0.25, -0.2) is 0 Å². The molecule has 2 aromatic heterocycles. The molecule has 8 nitrogen and oxygen atoms in total. The average Bonchev–Trinajstić information content (AvgIpc) is 3.64. The number of aromatic nitrogens is 2. The maximum absolute atomic E-state index is 13.4. The normalized spacial score (nSPS) is 14.9. The fraction of sp³-hybridized carbons (Fsp3) is 0.308. The highest BCUT2D eigenvalue weighted by molar-refractivity contribution is 6.00. The number of halogens is 3. The van der Waals surface area contributed by atoms with Crippen LogP contribution in [0.4, 0.5) is 13.2 Å². The number of nitrogens with one attached hydrogen (secondary N) is 2. The number of methoxy groups -OCH3 is 1. The van der Waals surface area contributed by atoms with Crippen molar-refractivity contribution in [3.8, 4) is 17.2 Å². The lowest BCUT2D eigenvalue weighted by molar-refractivity contribution is -0.138. The summed E-state index contributed by atoms with van der Waals surface area (Å²) < 4.78 is 50.6. The van der Waals surface area contributed by atoms with Crippen molar-refractivity contribution in [3.63, 3.8) is 0 Å². The number of carbonyl (C=O) groups is 2. The molecule has 1 fully saturated rings. The number of aryl methyl sites for hydroxylation is 1. The van der Waals surface area contributed by atoms with E-state index >= 15 is 0 Å². The second kappa shape index (κ2) is 10.1. The largest absolute Gasteiger partial charge is 0.497 e. The van der Waals surface area contributed by atoms with Gasteiger partial charge in [-0.05, 0) is 68.7 Å². The van der Waals surface area contributed by atoms with Gasteiger partial charge in [0.15, 0.2) is 0 Å². The van der Waals surface area contributed by atoms with Gasteiger partial charge < -0.3 is 20.1 Å². The van der Waals surface area contributed by atoms with Crippen LogP contribution in [0.1, 0.15) is 53.0 Å². The third kappa shape index (κ3) is 5.99. The number of pyridine rings is 2. The lowest BCUT2D eigenvalue weighted by Gasteiger charge is -2.21. The SMILES string of the molecule is COc1ccc(Oc2ccc([C@@H](C)NC(=O)C3(NC(=O)c4cncc(C)c4)CC3)nc2)c(C(F)(F)F)c1. The van der Waals surface area contributed by atoms with E-state index in [9.17, 15) is 22.8 Å². The number of nitrogens with zero attached hydrogens (tertiary/aromatic N) is 2. The quantitative estimate of drug-likeness (QED) is 0.450. The van der Waals surface area contributed by atoms with E-state index in [2.05, 4.69) is 20.6 Å². The number of rotatable bonds is 8. The molecular weight excluding hydrogens is 489 g/mol. The van der Waals surface area contributed by atoms with Crippen molar-refractivity contribution < 1.29 is 32.2 Å². The average molecular weight is 515 g/mol. The van der Waals surface area contributed by atoms with Crippen molar-refractivity contribution in [2.24, 2.45) is 0 Å². The highest BCUT2D eigenvalue weighted by Gasteiger charge is 2.51. The maximum atomic E-state index is 13.4. The summed E-state index contributed by atoms with van der Waals surface area (Å²) in [4.78, 5) is 33.8. The molecule has 4 rings (SSSR count). The molecule has 3 aromatic rings. The van der Waals surface area contributed by atoms with E-state index in [0.29, 0.717) is 24.1 Å². The molecule has 11 heteroatoms. The first-order valence-corrected chi connectivity index (χ1v) is 11.4. The predicted octanol–water partition coefficient (Wildman–Crippen LogP) is 4.74. The van der Waals surface area contributed by atoms with E-state index in [1.165, 1.54) is 37.7 Å². The lowest BCUT2D eigenvalue weighted by atomic mass is 10.1. The molecule has 0 aliphatic heterocycles. The first-order chi connectivity index (χ1) is 17.5. The van der Waals surface area contributed by atoms with E-state index in [0.717, 1.165) is 11.6 Å². The first-order valence-electron chi connectivity index (χ1n) is 11.4. The van der Waals surface area contributed by atoms with Gasteiger partial charge in [0.2, 0.25) is 5.91 Å². The van der Waals surface area contributed by atoms with Crippen LogP contribution >= 0.6 is 0 Å². The van der Waals surface area contributed by atoms with Crippen LogP contribution < -0.4 is 20.1 Å². The Hall–Kier alpha value is -4.15. The molecule has 0 unspecified atom stereocenters. The molecule has 37 heavy (non-hydrogen) atoms. The van der Waals surface area contributed by atoms with Crippen molar-refractivity contribution in [1.82, 2.24) is 20.6 Å². The van der Waals surface area contributed by atoms with Gasteiger partial charge in [-0.1, -0.05) is 0 Å². The van der Waals surface area contributed by atoms with E-state index in [1.807, 2.05) is 6.92 Å². The second-order valence-corrected chi connectivity index (χ2v) is 8.86. The van der Waals surface area contributed by atoms with Crippen LogP contribution in [0.5, 0.6) is 17.2 Å². The Bertz CT molecular complexity index is 1310. The Morgan fingerprint density at radius 1 is 1.05 bits per heavy atom. The fourth-order valence-electron chi connectivity index (χ4n) is 3.69. The molecule has 1 saturated carbocycles. The number of amides is 2.